The van der Waals surface area contributed by atoms with Crippen molar-refractivity contribution in [3.8, 4) is 0 Å². The summed E-state index contributed by atoms with van der Waals surface area (Å²) in [5.74, 6) is 3.72. The van der Waals surface area contributed by atoms with Crippen LogP contribution in [0.3, 0.4) is 0 Å². The van der Waals surface area contributed by atoms with E-state index >= 15 is 0 Å². The van der Waals surface area contributed by atoms with Crippen LogP contribution < -0.4 is 0 Å². The van der Waals surface area contributed by atoms with Crippen molar-refractivity contribution in [3.63, 3.8) is 0 Å². The Hall–Kier alpha value is -0.370. The van der Waals surface area contributed by atoms with Gasteiger partial charge in [0.1, 0.15) is 6.61 Å². The average Bonchev–Trinajstić information content (AvgIpc) is 2.91. The molecule has 0 aliphatic heterocycles. The monoisotopic (exact) mass is 318 g/mol. The molecular weight excluding hydrogens is 284 g/mol. The van der Waals surface area contributed by atoms with Crippen LogP contribution in [-0.2, 0) is 4.79 Å². The Kier molecular flexibility index (Phi) is 3.91. The molecule has 0 bridgehead atoms. The van der Waals surface area contributed by atoms with Crippen LogP contribution >= 0.6 is 0 Å². The van der Waals surface area contributed by atoms with Crippen LogP contribution in [0.15, 0.2) is 0 Å². The zero-order valence-electron chi connectivity index (χ0n) is 15.0. The molecule has 0 unspecified atom stereocenters. The molecule has 7 atom stereocenters. The summed E-state index contributed by atoms with van der Waals surface area (Å²) < 4.78 is 0. The Balaban J connectivity index is 1.61. The standard InChI is InChI=1S/C21H34O2/c1-20-11-4-3-5-14(20)6-7-15-16-8-9-18(19(23)13-22)21(16,2)12-10-17(15)20/h14-18,22H,3-13H2,1-2H3/t14-,15+,16-,17-,18+,20-,21+/m0/s1. The molecule has 2 heteroatoms. The van der Waals surface area contributed by atoms with Crippen LogP contribution in [0.2, 0.25) is 0 Å². The van der Waals surface area contributed by atoms with Crippen molar-refractivity contribution < 1.29 is 9.90 Å². The summed E-state index contributed by atoms with van der Waals surface area (Å²) in [5, 5.41) is 9.38. The number of rotatable bonds is 2. The molecule has 4 saturated carbocycles. The highest BCUT2D eigenvalue weighted by molar-refractivity contribution is 5.83. The van der Waals surface area contributed by atoms with Gasteiger partial charge >= 0.3 is 0 Å². The fourth-order valence-electron chi connectivity index (χ4n) is 7.93. The van der Waals surface area contributed by atoms with Crippen molar-refractivity contribution in [1.82, 2.24) is 0 Å². The van der Waals surface area contributed by atoms with Crippen LogP contribution in [0.1, 0.15) is 78.1 Å². The molecule has 23 heavy (non-hydrogen) atoms. The minimum atomic E-state index is -0.249. The summed E-state index contributed by atoms with van der Waals surface area (Å²) in [7, 11) is 0. The van der Waals surface area contributed by atoms with E-state index in [0.29, 0.717) is 5.41 Å². The molecule has 130 valence electrons. The van der Waals surface area contributed by atoms with E-state index in [-0.39, 0.29) is 23.7 Å². The van der Waals surface area contributed by atoms with E-state index in [1.54, 1.807) is 0 Å². The molecule has 4 fully saturated rings. The van der Waals surface area contributed by atoms with Gasteiger partial charge in [-0.3, -0.25) is 4.79 Å². The van der Waals surface area contributed by atoms with Gasteiger partial charge in [-0.1, -0.05) is 26.7 Å². The Bertz CT molecular complexity index is 486. The van der Waals surface area contributed by atoms with E-state index < -0.39 is 0 Å². The molecule has 4 aliphatic rings. The fourth-order valence-corrected chi connectivity index (χ4v) is 7.93. The molecule has 0 aromatic rings. The smallest absolute Gasteiger partial charge is 0.161 e. The third kappa shape index (κ3) is 2.19. The maximum Gasteiger partial charge on any atom is 0.161 e. The second-order valence-electron chi connectivity index (χ2n) is 9.70. The third-order valence-electron chi connectivity index (χ3n) is 9.13. The minimum absolute atomic E-state index is 0.117. The van der Waals surface area contributed by atoms with Crippen molar-refractivity contribution in [2.24, 2.45) is 40.4 Å². The molecule has 1 N–H and O–H groups in total. The van der Waals surface area contributed by atoms with Gasteiger partial charge in [-0.2, -0.15) is 0 Å². The normalized spacial score (nSPS) is 52.4. The first-order valence-corrected chi connectivity index (χ1v) is 10.1. The second-order valence-corrected chi connectivity index (χ2v) is 9.70. The molecule has 0 aromatic heterocycles. The molecule has 0 heterocycles. The highest BCUT2D eigenvalue weighted by atomic mass is 16.3. The van der Waals surface area contributed by atoms with Crippen molar-refractivity contribution in [2.45, 2.75) is 78.1 Å². The maximum absolute atomic E-state index is 12.3. The van der Waals surface area contributed by atoms with E-state index in [9.17, 15) is 9.90 Å². The van der Waals surface area contributed by atoms with E-state index in [0.717, 1.165) is 30.1 Å². The largest absolute Gasteiger partial charge is 0.389 e. The van der Waals surface area contributed by atoms with Gasteiger partial charge in [-0.25, -0.2) is 0 Å². The van der Waals surface area contributed by atoms with Crippen molar-refractivity contribution in [3.05, 3.63) is 0 Å². The molecular formula is C21H34O2. The lowest BCUT2D eigenvalue weighted by Crippen LogP contribution is -2.53. The first-order valence-electron chi connectivity index (χ1n) is 10.1. The lowest BCUT2D eigenvalue weighted by Gasteiger charge is -2.60. The average molecular weight is 319 g/mol. The number of aliphatic hydroxyl groups is 1. The van der Waals surface area contributed by atoms with Crippen LogP contribution in [0.5, 0.6) is 0 Å². The topological polar surface area (TPSA) is 37.3 Å². The maximum atomic E-state index is 12.3. The Morgan fingerprint density at radius 2 is 1.70 bits per heavy atom. The van der Waals surface area contributed by atoms with E-state index in [1.807, 2.05) is 0 Å². The molecule has 0 spiro atoms. The van der Waals surface area contributed by atoms with Crippen LogP contribution in [0.25, 0.3) is 0 Å². The summed E-state index contributed by atoms with van der Waals surface area (Å²) in [6.45, 7) is 4.75. The highest BCUT2D eigenvalue weighted by Gasteiger charge is 2.60. The minimum Gasteiger partial charge on any atom is -0.389 e. The Morgan fingerprint density at radius 3 is 2.48 bits per heavy atom. The van der Waals surface area contributed by atoms with E-state index in [4.69, 9.17) is 0 Å². The highest BCUT2D eigenvalue weighted by Crippen LogP contribution is 2.67. The molecule has 0 saturated heterocycles. The number of carbonyl (C=O) groups excluding carboxylic acids is 1. The van der Waals surface area contributed by atoms with Gasteiger partial charge < -0.3 is 5.11 Å². The van der Waals surface area contributed by atoms with Gasteiger partial charge in [0, 0.05) is 5.92 Å². The van der Waals surface area contributed by atoms with Crippen molar-refractivity contribution in [2.75, 3.05) is 6.61 Å². The van der Waals surface area contributed by atoms with Crippen molar-refractivity contribution in [1.29, 1.82) is 0 Å². The predicted octanol–water partition coefficient (Wildman–Crippen LogP) is 4.60. The Morgan fingerprint density at radius 1 is 0.913 bits per heavy atom. The number of hydrogen-bond donors (Lipinski definition) is 1. The van der Waals surface area contributed by atoms with Gasteiger partial charge in [-0.15, -0.1) is 0 Å². The molecule has 0 radical (unpaired) electrons. The number of fused-ring (bicyclic) bond motifs is 5. The fraction of sp³-hybridized carbons (Fsp3) is 0.952. The van der Waals surface area contributed by atoms with Gasteiger partial charge in [-0.05, 0) is 85.9 Å². The first kappa shape index (κ1) is 16.1. The van der Waals surface area contributed by atoms with Gasteiger partial charge in [0.2, 0.25) is 0 Å². The number of aliphatic hydroxyl groups excluding tert-OH is 1. The summed E-state index contributed by atoms with van der Waals surface area (Å²) >= 11 is 0. The first-order chi connectivity index (χ1) is 11.0. The zero-order valence-corrected chi connectivity index (χ0v) is 15.0. The van der Waals surface area contributed by atoms with Crippen LogP contribution in [0.4, 0.5) is 0 Å². The van der Waals surface area contributed by atoms with Gasteiger partial charge in [0.25, 0.3) is 0 Å². The number of carbonyl (C=O) groups is 1. The van der Waals surface area contributed by atoms with Gasteiger partial charge in [0.15, 0.2) is 5.78 Å². The Labute approximate surface area is 141 Å². The van der Waals surface area contributed by atoms with E-state index in [2.05, 4.69) is 13.8 Å². The van der Waals surface area contributed by atoms with Crippen LogP contribution in [0, 0.1) is 40.4 Å². The van der Waals surface area contributed by atoms with Gasteiger partial charge in [0.05, 0.1) is 0 Å². The lowest BCUT2D eigenvalue weighted by molar-refractivity contribution is -0.137. The SMILES string of the molecule is C[C@]12CCCC[C@H]1CC[C@H]1[C@@H]2CC[C@@]2(C)[C@@H](C(=O)CO)CC[C@@H]12. The number of Topliss-reactive ketones (excluding diaryl/α,β-unsaturated/α-hetero) is 1. The predicted molar refractivity (Wildman–Crippen MR) is 91.9 cm³/mol. The molecule has 2 nitrogen and oxygen atoms in total. The molecule has 4 aliphatic carbocycles. The molecule has 0 aromatic carbocycles. The third-order valence-corrected chi connectivity index (χ3v) is 9.13. The summed E-state index contributed by atoms with van der Waals surface area (Å²) in [5.41, 5.74) is 0.764. The quantitative estimate of drug-likeness (QED) is 0.808. The zero-order chi connectivity index (χ0) is 16.2. The van der Waals surface area contributed by atoms with Crippen molar-refractivity contribution >= 4 is 5.78 Å². The molecule has 0 amide bonds. The van der Waals surface area contributed by atoms with E-state index in [1.165, 1.54) is 57.8 Å². The lowest BCUT2D eigenvalue weighted by atomic mass is 9.45. The number of ketones is 1. The summed E-state index contributed by atoms with van der Waals surface area (Å²) in [6, 6.07) is 0. The molecule has 4 rings (SSSR count). The second kappa shape index (κ2) is 5.58. The summed E-state index contributed by atoms with van der Waals surface area (Å²) in [6.07, 6.45) is 13.5. The van der Waals surface area contributed by atoms with Crippen LogP contribution in [-0.4, -0.2) is 17.5 Å². The summed E-state index contributed by atoms with van der Waals surface area (Å²) in [4.78, 5) is 12.3. The number of hydrogen-bond acceptors (Lipinski definition) is 2.